The van der Waals surface area contributed by atoms with Gasteiger partial charge in [-0.05, 0) is 18.8 Å². The Morgan fingerprint density at radius 1 is 0.941 bits per heavy atom. The standard InChI is InChI=1S/C13H26N2O2/c1-4-5-6-7-9-14-12(16)13(17)15-10-8-11(2)3/h11H,4-10H2,1-3H3,(H,14,16)(H,15,17). The maximum atomic E-state index is 11.3. The average Bonchev–Trinajstić information content (AvgIpc) is 2.27. The number of amides is 2. The molecular formula is C13H26N2O2. The fraction of sp³-hybridized carbons (Fsp3) is 0.846. The lowest BCUT2D eigenvalue weighted by molar-refractivity contribution is -0.139. The Balaban J connectivity index is 3.51. The van der Waals surface area contributed by atoms with Crippen molar-refractivity contribution in [3.8, 4) is 0 Å². The number of carbonyl (C=O) groups is 2. The van der Waals surface area contributed by atoms with Crippen molar-refractivity contribution >= 4 is 11.8 Å². The van der Waals surface area contributed by atoms with Gasteiger partial charge >= 0.3 is 11.8 Å². The van der Waals surface area contributed by atoms with Gasteiger partial charge in [-0.2, -0.15) is 0 Å². The third kappa shape index (κ3) is 9.85. The van der Waals surface area contributed by atoms with E-state index < -0.39 is 11.8 Å². The number of nitrogens with one attached hydrogen (secondary N) is 2. The second-order valence-electron chi connectivity index (χ2n) is 4.75. The molecule has 0 aliphatic carbocycles. The van der Waals surface area contributed by atoms with Crippen LogP contribution in [0.2, 0.25) is 0 Å². The van der Waals surface area contributed by atoms with Gasteiger partial charge in [0, 0.05) is 13.1 Å². The maximum absolute atomic E-state index is 11.3. The quantitative estimate of drug-likeness (QED) is 0.504. The molecule has 0 rings (SSSR count). The Labute approximate surface area is 105 Å². The molecule has 0 saturated heterocycles. The third-order valence-corrected chi connectivity index (χ3v) is 2.53. The van der Waals surface area contributed by atoms with Crippen LogP contribution >= 0.6 is 0 Å². The van der Waals surface area contributed by atoms with Crippen molar-refractivity contribution in [2.24, 2.45) is 5.92 Å². The number of hydrogen-bond donors (Lipinski definition) is 2. The number of carbonyl (C=O) groups excluding carboxylic acids is 2. The zero-order valence-electron chi connectivity index (χ0n) is 11.3. The average molecular weight is 242 g/mol. The predicted octanol–water partition coefficient (Wildman–Crippen LogP) is 1.85. The number of rotatable bonds is 8. The Morgan fingerprint density at radius 2 is 1.53 bits per heavy atom. The maximum Gasteiger partial charge on any atom is 0.309 e. The van der Waals surface area contributed by atoms with Crippen molar-refractivity contribution in [1.82, 2.24) is 10.6 Å². The van der Waals surface area contributed by atoms with Gasteiger partial charge in [0.25, 0.3) is 0 Å². The van der Waals surface area contributed by atoms with Gasteiger partial charge in [0.15, 0.2) is 0 Å². The fourth-order valence-electron chi connectivity index (χ4n) is 1.39. The summed E-state index contributed by atoms with van der Waals surface area (Å²) in [6, 6.07) is 0. The number of unbranched alkanes of at least 4 members (excludes halogenated alkanes) is 3. The van der Waals surface area contributed by atoms with Crippen LogP contribution in [0.3, 0.4) is 0 Å². The molecule has 4 heteroatoms. The zero-order chi connectivity index (χ0) is 13.1. The molecule has 0 bridgehead atoms. The van der Waals surface area contributed by atoms with Gasteiger partial charge in [-0.3, -0.25) is 9.59 Å². The van der Waals surface area contributed by atoms with E-state index in [-0.39, 0.29) is 0 Å². The summed E-state index contributed by atoms with van der Waals surface area (Å²) < 4.78 is 0. The first-order valence-corrected chi connectivity index (χ1v) is 6.64. The highest BCUT2D eigenvalue weighted by Crippen LogP contribution is 1.97. The predicted molar refractivity (Wildman–Crippen MR) is 69.6 cm³/mol. The molecule has 0 heterocycles. The van der Waals surface area contributed by atoms with E-state index in [4.69, 9.17) is 0 Å². The number of hydrogen-bond acceptors (Lipinski definition) is 2. The summed E-state index contributed by atoms with van der Waals surface area (Å²) in [6.45, 7) is 7.47. The van der Waals surface area contributed by atoms with Gasteiger partial charge in [-0.15, -0.1) is 0 Å². The van der Waals surface area contributed by atoms with Crippen LogP contribution in [0.15, 0.2) is 0 Å². The Bertz CT molecular complexity index is 227. The topological polar surface area (TPSA) is 58.2 Å². The first-order valence-electron chi connectivity index (χ1n) is 6.64. The molecule has 0 spiro atoms. The normalized spacial score (nSPS) is 10.4. The van der Waals surface area contributed by atoms with E-state index in [9.17, 15) is 9.59 Å². The summed E-state index contributed by atoms with van der Waals surface area (Å²) >= 11 is 0. The molecule has 0 radical (unpaired) electrons. The Kier molecular flexibility index (Phi) is 9.49. The van der Waals surface area contributed by atoms with Crippen LogP contribution in [-0.2, 0) is 9.59 Å². The molecule has 2 N–H and O–H groups in total. The molecule has 0 fully saturated rings. The van der Waals surface area contributed by atoms with E-state index >= 15 is 0 Å². The van der Waals surface area contributed by atoms with Gasteiger partial charge in [-0.25, -0.2) is 0 Å². The van der Waals surface area contributed by atoms with Crippen LogP contribution in [0, 0.1) is 5.92 Å². The van der Waals surface area contributed by atoms with Crippen LogP contribution < -0.4 is 10.6 Å². The molecule has 0 atom stereocenters. The molecular weight excluding hydrogens is 216 g/mol. The summed E-state index contributed by atoms with van der Waals surface area (Å²) in [4.78, 5) is 22.6. The minimum absolute atomic E-state index is 0.509. The van der Waals surface area contributed by atoms with E-state index in [1.165, 1.54) is 12.8 Å². The van der Waals surface area contributed by atoms with E-state index in [1.54, 1.807) is 0 Å². The lowest BCUT2D eigenvalue weighted by Gasteiger charge is -2.07. The van der Waals surface area contributed by atoms with Crippen molar-refractivity contribution in [1.29, 1.82) is 0 Å². The second-order valence-corrected chi connectivity index (χ2v) is 4.75. The minimum Gasteiger partial charge on any atom is -0.348 e. The lowest BCUT2D eigenvalue weighted by Crippen LogP contribution is -2.40. The highest BCUT2D eigenvalue weighted by Gasteiger charge is 2.11. The molecule has 100 valence electrons. The molecule has 0 aromatic heterocycles. The van der Waals surface area contributed by atoms with E-state index in [0.717, 1.165) is 19.3 Å². The van der Waals surface area contributed by atoms with Gasteiger partial charge in [0.05, 0.1) is 0 Å². The summed E-state index contributed by atoms with van der Waals surface area (Å²) in [6.07, 6.45) is 5.29. The molecule has 0 aliphatic rings. The second kappa shape index (κ2) is 10.1. The van der Waals surface area contributed by atoms with Crippen LogP contribution in [0.5, 0.6) is 0 Å². The van der Waals surface area contributed by atoms with Crippen molar-refractivity contribution in [2.45, 2.75) is 52.9 Å². The molecule has 2 amide bonds. The zero-order valence-corrected chi connectivity index (χ0v) is 11.3. The van der Waals surface area contributed by atoms with Crippen LogP contribution in [0.25, 0.3) is 0 Å². The summed E-state index contributed by atoms with van der Waals surface area (Å²) in [5.41, 5.74) is 0. The van der Waals surface area contributed by atoms with Gasteiger partial charge < -0.3 is 10.6 Å². The molecule has 0 aromatic rings. The van der Waals surface area contributed by atoms with E-state index in [0.29, 0.717) is 19.0 Å². The largest absolute Gasteiger partial charge is 0.348 e. The highest BCUT2D eigenvalue weighted by molar-refractivity contribution is 6.35. The first-order chi connectivity index (χ1) is 8.07. The molecule has 0 unspecified atom stereocenters. The van der Waals surface area contributed by atoms with Crippen molar-refractivity contribution in [3.63, 3.8) is 0 Å². The van der Waals surface area contributed by atoms with Crippen LogP contribution in [-0.4, -0.2) is 24.9 Å². The molecule has 4 nitrogen and oxygen atoms in total. The van der Waals surface area contributed by atoms with E-state index in [1.807, 2.05) is 0 Å². The highest BCUT2D eigenvalue weighted by atomic mass is 16.2. The minimum atomic E-state index is -0.513. The first kappa shape index (κ1) is 15.9. The SMILES string of the molecule is CCCCCCNC(=O)C(=O)NCCC(C)C. The van der Waals surface area contributed by atoms with Gasteiger partial charge in [-0.1, -0.05) is 40.0 Å². The third-order valence-electron chi connectivity index (χ3n) is 2.53. The molecule has 17 heavy (non-hydrogen) atoms. The molecule has 0 aliphatic heterocycles. The van der Waals surface area contributed by atoms with Crippen LogP contribution in [0.4, 0.5) is 0 Å². The smallest absolute Gasteiger partial charge is 0.309 e. The van der Waals surface area contributed by atoms with Crippen molar-refractivity contribution in [2.75, 3.05) is 13.1 Å². The molecule has 0 saturated carbocycles. The summed E-state index contributed by atoms with van der Waals surface area (Å²) in [5, 5.41) is 5.24. The van der Waals surface area contributed by atoms with E-state index in [2.05, 4.69) is 31.4 Å². The monoisotopic (exact) mass is 242 g/mol. The van der Waals surface area contributed by atoms with Crippen molar-refractivity contribution in [3.05, 3.63) is 0 Å². The fourth-order valence-corrected chi connectivity index (χ4v) is 1.39. The van der Waals surface area contributed by atoms with Crippen molar-refractivity contribution < 1.29 is 9.59 Å². The Hall–Kier alpha value is -1.06. The van der Waals surface area contributed by atoms with Gasteiger partial charge in [0.2, 0.25) is 0 Å². The van der Waals surface area contributed by atoms with Crippen LogP contribution in [0.1, 0.15) is 52.9 Å². The van der Waals surface area contributed by atoms with Gasteiger partial charge in [0.1, 0.15) is 0 Å². The lowest BCUT2D eigenvalue weighted by atomic mass is 10.1. The summed E-state index contributed by atoms with van der Waals surface area (Å²) in [7, 11) is 0. The molecule has 0 aromatic carbocycles. The summed E-state index contributed by atoms with van der Waals surface area (Å²) in [5.74, 6) is -0.487. The Morgan fingerprint density at radius 3 is 2.06 bits per heavy atom.